The molecule has 1 atom stereocenters. The third kappa shape index (κ3) is 4.68. The Morgan fingerprint density at radius 3 is 3.04 bits per heavy atom. The van der Waals surface area contributed by atoms with Gasteiger partial charge in [0.15, 0.2) is 0 Å². The largest absolute Gasteiger partial charge is 0.361 e. The lowest BCUT2D eigenvalue weighted by atomic mass is 10.1. The zero-order chi connectivity index (χ0) is 18.5. The van der Waals surface area contributed by atoms with Gasteiger partial charge in [0.25, 0.3) is 0 Å². The van der Waals surface area contributed by atoms with Gasteiger partial charge in [-0.05, 0) is 17.5 Å². The molecule has 0 spiro atoms. The molecule has 0 aliphatic carbocycles. The number of amides is 2. The van der Waals surface area contributed by atoms with Crippen LogP contribution in [0.4, 0.5) is 0 Å². The van der Waals surface area contributed by atoms with Crippen LogP contribution in [-0.2, 0) is 29.1 Å². The molecule has 1 saturated heterocycles. The minimum atomic E-state index is -0.332. The molecule has 3 heterocycles. The molecule has 1 aliphatic heterocycles. The van der Waals surface area contributed by atoms with Crippen LogP contribution < -0.4 is 5.32 Å². The average molecular weight is 356 g/mol. The second-order valence-corrected chi connectivity index (χ2v) is 7.14. The minimum absolute atomic E-state index is 0.00495. The predicted molar refractivity (Wildman–Crippen MR) is 94.7 cm³/mol. The van der Waals surface area contributed by atoms with Gasteiger partial charge in [-0.1, -0.05) is 25.1 Å². The molecule has 3 rings (SSSR count). The molecule has 2 amide bonds. The van der Waals surface area contributed by atoms with Crippen LogP contribution in [0.15, 0.2) is 35.1 Å². The molecule has 7 heteroatoms. The second-order valence-electron chi connectivity index (χ2n) is 7.14. The van der Waals surface area contributed by atoms with Crippen LogP contribution in [0.5, 0.6) is 0 Å². The lowest BCUT2D eigenvalue weighted by molar-refractivity contribution is -0.129. The zero-order valence-electron chi connectivity index (χ0n) is 15.1. The van der Waals surface area contributed by atoms with Crippen molar-refractivity contribution in [3.63, 3.8) is 0 Å². The second kappa shape index (κ2) is 8.12. The first-order valence-corrected chi connectivity index (χ1v) is 8.90. The van der Waals surface area contributed by atoms with Crippen LogP contribution in [0.3, 0.4) is 0 Å². The quantitative estimate of drug-likeness (QED) is 0.819. The summed E-state index contributed by atoms with van der Waals surface area (Å²) in [6, 6.07) is 5.63. The third-order valence-corrected chi connectivity index (χ3v) is 4.34. The normalized spacial score (nSPS) is 17.1. The molecule has 0 bridgehead atoms. The molecule has 1 fully saturated rings. The molecular formula is C19H24N4O3. The summed E-state index contributed by atoms with van der Waals surface area (Å²) in [5, 5.41) is 6.84. The van der Waals surface area contributed by atoms with Crippen molar-refractivity contribution in [3.05, 3.63) is 47.6 Å². The van der Waals surface area contributed by atoms with Gasteiger partial charge < -0.3 is 14.7 Å². The Hall–Kier alpha value is -2.70. The first kappa shape index (κ1) is 18.1. The third-order valence-electron chi connectivity index (χ3n) is 4.34. The summed E-state index contributed by atoms with van der Waals surface area (Å²) in [5.41, 5.74) is 1.66. The molecule has 0 unspecified atom stereocenters. The summed E-state index contributed by atoms with van der Waals surface area (Å²) < 4.78 is 5.26. The zero-order valence-corrected chi connectivity index (χ0v) is 15.1. The highest BCUT2D eigenvalue weighted by Crippen LogP contribution is 2.20. The number of hydrogen-bond acceptors (Lipinski definition) is 5. The van der Waals surface area contributed by atoms with E-state index in [-0.39, 0.29) is 24.2 Å². The van der Waals surface area contributed by atoms with Crippen LogP contribution in [0.25, 0.3) is 0 Å². The highest BCUT2D eigenvalue weighted by atomic mass is 16.5. The molecular weight excluding hydrogens is 332 g/mol. The van der Waals surface area contributed by atoms with Gasteiger partial charge in [0, 0.05) is 44.4 Å². The molecule has 7 nitrogen and oxygen atoms in total. The summed E-state index contributed by atoms with van der Waals surface area (Å²) >= 11 is 0. The number of carbonyl (C=O) groups excluding carboxylic acids is 2. The number of aromatic nitrogens is 2. The Morgan fingerprint density at radius 2 is 2.31 bits per heavy atom. The number of nitrogens with one attached hydrogen (secondary N) is 1. The van der Waals surface area contributed by atoms with Crippen LogP contribution in [0.1, 0.15) is 37.3 Å². The number of nitrogens with zero attached hydrogens (tertiary/aromatic N) is 3. The molecule has 1 N–H and O–H groups in total. The van der Waals surface area contributed by atoms with E-state index in [9.17, 15) is 9.59 Å². The molecule has 0 aromatic carbocycles. The summed E-state index contributed by atoms with van der Waals surface area (Å²) in [6.07, 6.45) is 4.49. The summed E-state index contributed by atoms with van der Waals surface area (Å²) in [4.78, 5) is 30.3. The maximum atomic E-state index is 12.4. The average Bonchev–Trinajstić information content (AvgIpc) is 3.20. The van der Waals surface area contributed by atoms with Gasteiger partial charge in [-0.2, -0.15) is 0 Å². The maximum absolute atomic E-state index is 12.4. The van der Waals surface area contributed by atoms with Crippen molar-refractivity contribution in [2.75, 3.05) is 6.54 Å². The fourth-order valence-corrected chi connectivity index (χ4v) is 3.07. The highest BCUT2D eigenvalue weighted by molar-refractivity contribution is 5.89. The first-order valence-electron chi connectivity index (χ1n) is 8.90. The minimum Gasteiger partial charge on any atom is -0.361 e. The van der Waals surface area contributed by atoms with E-state index in [4.69, 9.17) is 4.52 Å². The van der Waals surface area contributed by atoms with E-state index in [0.717, 1.165) is 17.7 Å². The molecule has 2 aromatic heterocycles. The van der Waals surface area contributed by atoms with Gasteiger partial charge in [-0.25, -0.2) is 0 Å². The number of pyridine rings is 1. The van der Waals surface area contributed by atoms with Crippen LogP contribution >= 0.6 is 0 Å². The Bertz CT molecular complexity index is 757. The summed E-state index contributed by atoms with van der Waals surface area (Å²) in [6.45, 7) is 5.44. The fraction of sp³-hybridized carbons (Fsp3) is 0.474. The molecule has 0 saturated carbocycles. The van der Waals surface area contributed by atoms with Crippen LogP contribution in [0.2, 0.25) is 0 Å². The van der Waals surface area contributed by atoms with Crippen molar-refractivity contribution in [2.24, 2.45) is 11.8 Å². The molecule has 1 aliphatic rings. The topological polar surface area (TPSA) is 88.3 Å². The van der Waals surface area contributed by atoms with Gasteiger partial charge in [0.05, 0.1) is 12.5 Å². The lowest BCUT2D eigenvalue weighted by Crippen LogP contribution is -2.32. The number of likely N-dealkylation sites (tertiary alicyclic amines) is 1. The Morgan fingerprint density at radius 1 is 1.46 bits per heavy atom. The van der Waals surface area contributed by atoms with E-state index in [1.165, 1.54) is 0 Å². The number of rotatable bonds is 7. The van der Waals surface area contributed by atoms with Gasteiger partial charge in [0.1, 0.15) is 11.5 Å². The van der Waals surface area contributed by atoms with Crippen LogP contribution in [-0.4, -0.2) is 33.4 Å². The molecule has 26 heavy (non-hydrogen) atoms. The number of carbonyl (C=O) groups is 2. The number of hydrogen-bond donors (Lipinski definition) is 1. The van der Waals surface area contributed by atoms with E-state index < -0.39 is 0 Å². The standard InChI is InChI=1S/C19H24N4O3/c1-13(2)6-17-8-16(22-26-17)10-21-19(25)15-7-18(24)23(12-15)11-14-4-3-5-20-9-14/h3-5,8-9,13,15H,6-7,10-12H2,1-2H3,(H,21,25)/t15-/m0/s1. The van der Waals surface area contributed by atoms with Gasteiger partial charge in [-0.15, -0.1) is 0 Å². The molecule has 138 valence electrons. The SMILES string of the molecule is CC(C)Cc1cc(CNC(=O)[C@H]2CC(=O)N(Cc3cccnc3)C2)no1. The summed E-state index contributed by atoms with van der Waals surface area (Å²) in [7, 11) is 0. The van der Waals surface area contributed by atoms with Crippen molar-refractivity contribution in [3.8, 4) is 0 Å². The smallest absolute Gasteiger partial charge is 0.225 e. The van der Waals surface area contributed by atoms with Crippen LogP contribution in [0, 0.1) is 11.8 Å². The van der Waals surface area contributed by atoms with Crippen molar-refractivity contribution in [1.82, 2.24) is 20.4 Å². The monoisotopic (exact) mass is 356 g/mol. The molecule has 0 radical (unpaired) electrons. The highest BCUT2D eigenvalue weighted by Gasteiger charge is 2.34. The lowest BCUT2D eigenvalue weighted by Gasteiger charge is -2.16. The Kier molecular flexibility index (Phi) is 5.65. The van der Waals surface area contributed by atoms with Crippen molar-refractivity contribution in [2.45, 2.75) is 39.8 Å². The van der Waals surface area contributed by atoms with Gasteiger partial charge in [-0.3, -0.25) is 14.6 Å². The first-order chi connectivity index (χ1) is 12.5. The van der Waals surface area contributed by atoms with Crippen molar-refractivity contribution >= 4 is 11.8 Å². The van der Waals surface area contributed by atoms with E-state index in [2.05, 4.69) is 29.3 Å². The van der Waals surface area contributed by atoms with E-state index in [1.807, 2.05) is 18.2 Å². The predicted octanol–water partition coefficient (Wildman–Crippen LogP) is 1.93. The van der Waals surface area contributed by atoms with E-state index >= 15 is 0 Å². The van der Waals surface area contributed by atoms with E-state index in [0.29, 0.717) is 31.2 Å². The van der Waals surface area contributed by atoms with Gasteiger partial charge >= 0.3 is 0 Å². The summed E-state index contributed by atoms with van der Waals surface area (Å²) in [5.74, 6) is 0.847. The van der Waals surface area contributed by atoms with Gasteiger partial charge in [0.2, 0.25) is 11.8 Å². The maximum Gasteiger partial charge on any atom is 0.225 e. The Balaban J connectivity index is 1.49. The fourth-order valence-electron chi connectivity index (χ4n) is 3.07. The van der Waals surface area contributed by atoms with Crippen molar-refractivity contribution in [1.29, 1.82) is 0 Å². The molecule has 2 aromatic rings. The van der Waals surface area contributed by atoms with E-state index in [1.54, 1.807) is 17.3 Å². The van der Waals surface area contributed by atoms with Crippen molar-refractivity contribution < 1.29 is 14.1 Å². The Labute approximate surface area is 152 Å².